The Bertz CT molecular complexity index is 321. The fraction of sp³-hybridized carbons (Fsp3) is 0.273. The molecular formula is C11H15NO2. The summed E-state index contributed by atoms with van der Waals surface area (Å²) in [6.07, 6.45) is 4.73. The molecule has 0 aliphatic carbocycles. The predicted molar refractivity (Wildman–Crippen MR) is 57.3 cm³/mol. The molecule has 1 rings (SSSR count). The molecule has 76 valence electrons. The molecule has 3 nitrogen and oxygen atoms in total. The molecule has 0 fully saturated rings. The first-order valence-electron chi connectivity index (χ1n) is 4.57. The highest BCUT2D eigenvalue weighted by Gasteiger charge is 1.97. The average molecular weight is 193 g/mol. The van der Waals surface area contributed by atoms with Crippen LogP contribution in [0.5, 0.6) is 11.5 Å². The lowest BCUT2D eigenvalue weighted by molar-refractivity contribution is 0.450. The fourth-order valence-corrected chi connectivity index (χ4v) is 1.11. The van der Waals surface area contributed by atoms with E-state index < -0.39 is 0 Å². The van der Waals surface area contributed by atoms with Crippen molar-refractivity contribution in [2.24, 2.45) is 0 Å². The number of rotatable bonds is 4. The van der Waals surface area contributed by atoms with Gasteiger partial charge in [0.1, 0.15) is 11.5 Å². The van der Waals surface area contributed by atoms with Crippen molar-refractivity contribution in [3.63, 3.8) is 0 Å². The molecule has 0 heterocycles. The summed E-state index contributed by atoms with van der Waals surface area (Å²) in [5.41, 5.74) is 0.721. The number of benzene rings is 1. The second-order valence-electron chi connectivity index (χ2n) is 3.04. The molecule has 0 spiro atoms. The Morgan fingerprint density at radius 2 is 2.14 bits per heavy atom. The summed E-state index contributed by atoms with van der Waals surface area (Å²) in [7, 11) is 1.89. The monoisotopic (exact) mass is 193 g/mol. The fourth-order valence-electron chi connectivity index (χ4n) is 1.11. The molecule has 0 aliphatic heterocycles. The van der Waals surface area contributed by atoms with Crippen molar-refractivity contribution >= 4 is 6.08 Å². The normalized spacial score (nSPS) is 10.9. The van der Waals surface area contributed by atoms with Gasteiger partial charge in [-0.15, -0.1) is 0 Å². The molecule has 0 atom stereocenters. The highest BCUT2D eigenvalue weighted by molar-refractivity contribution is 5.58. The van der Waals surface area contributed by atoms with Crippen LogP contribution < -0.4 is 5.32 Å². The van der Waals surface area contributed by atoms with Gasteiger partial charge in [0.25, 0.3) is 0 Å². The van der Waals surface area contributed by atoms with Crippen LogP contribution in [0, 0.1) is 0 Å². The van der Waals surface area contributed by atoms with Crippen LogP contribution in [0.2, 0.25) is 0 Å². The highest BCUT2D eigenvalue weighted by atomic mass is 16.3. The average Bonchev–Trinajstić information content (AvgIpc) is 2.15. The van der Waals surface area contributed by atoms with Gasteiger partial charge in [0.05, 0.1) is 0 Å². The minimum absolute atomic E-state index is 0.0786. The summed E-state index contributed by atoms with van der Waals surface area (Å²) in [6.45, 7) is 0.912. The zero-order valence-electron chi connectivity index (χ0n) is 8.20. The van der Waals surface area contributed by atoms with Gasteiger partial charge in [-0.05, 0) is 32.1 Å². The first kappa shape index (κ1) is 10.6. The second kappa shape index (κ2) is 5.29. The number of phenols is 2. The number of aromatic hydroxyl groups is 2. The Kier molecular flexibility index (Phi) is 4.01. The summed E-state index contributed by atoms with van der Waals surface area (Å²) in [5, 5.41) is 21.5. The zero-order chi connectivity index (χ0) is 10.4. The molecule has 0 amide bonds. The molecular weight excluding hydrogens is 178 g/mol. The topological polar surface area (TPSA) is 52.5 Å². The van der Waals surface area contributed by atoms with Crippen LogP contribution >= 0.6 is 0 Å². The molecule has 0 unspecified atom stereocenters. The molecule has 3 heteroatoms. The van der Waals surface area contributed by atoms with Crippen LogP contribution in [-0.4, -0.2) is 23.8 Å². The molecule has 0 bridgehead atoms. The Balaban J connectivity index is 2.62. The van der Waals surface area contributed by atoms with E-state index >= 15 is 0 Å². The Hall–Kier alpha value is -1.48. The summed E-state index contributed by atoms with van der Waals surface area (Å²) >= 11 is 0. The largest absolute Gasteiger partial charge is 0.508 e. The quantitative estimate of drug-likeness (QED) is 0.638. The van der Waals surface area contributed by atoms with Gasteiger partial charge in [0, 0.05) is 11.6 Å². The molecule has 1 aromatic rings. The van der Waals surface area contributed by atoms with Crippen molar-refractivity contribution in [3.05, 3.63) is 29.8 Å². The number of hydrogen-bond acceptors (Lipinski definition) is 3. The van der Waals surface area contributed by atoms with E-state index in [4.69, 9.17) is 5.11 Å². The molecule has 0 aromatic heterocycles. The van der Waals surface area contributed by atoms with Gasteiger partial charge >= 0.3 is 0 Å². The van der Waals surface area contributed by atoms with Crippen LogP contribution in [0.4, 0.5) is 0 Å². The van der Waals surface area contributed by atoms with Crippen LogP contribution in [0.25, 0.3) is 6.08 Å². The van der Waals surface area contributed by atoms with Crippen LogP contribution in [0.1, 0.15) is 12.0 Å². The lowest BCUT2D eigenvalue weighted by Crippen LogP contribution is -2.05. The number of phenolic OH excluding ortho intramolecular Hbond substituents is 2. The van der Waals surface area contributed by atoms with Gasteiger partial charge in [0.2, 0.25) is 0 Å². The molecule has 14 heavy (non-hydrogen) atoms. The van der Waals surface area contributed by atoms with Gasteiger partial charge < -0.3 is 15.5 Å². The van der Waals surface area contributed by atoms with E-state index in [1.807, 2.05) is 19.2 Å². The van der Waals surface area contributed by atoms with Crippen molar-refractivity contribution in [2.75, 3.05) is 13.6 Å². The third-order valence-electron chi connectivity index (χ3n) is 1.87. The SMILES string of the molecule is CNCCC=Cc1ccc(O)cc1O. The molecule has 3 N–H and O–H groups in total. The smallest absolute Gasteiger partial charge is 0.126 e. The Morgan fingerprint density at radius 3 is 2.79 bits per heavy atom. The first-order valence-corrected chi connectivity index (χ1v) is 4.57. The van der Waals surface area contributed by atoms with Crippen LogP contribution in [-0.2, 0) is 0 Å². The predicted octanol–water partition coefficient (Wildman–Crippen LogP) is 1.72. The maximum absolute atomic E-state index is 9.42. The first-order chi connectivity index (χ1) is 6.74. The van der Waals surface area contributed by atoms with E-state index in [9.17, 15) is 5.11 Å². The third kappa shape index (κ3) is 3.11. The minimum atomic E-state index is 0.0786. The van der Waals surface area contributed by atoms with Gasteiger partial charge in [-0.3, -0.25) is 0 Å². The van der Waals surface area contributed by atoms with Gasteiger partial charge in [-0.25, -0.2) is 0 Å². The number of nitrogens with one attached hydrogen (secondary N) is 1. The minimum Gasteiger partial charge on any atom is -0.508 e. The Morgan fingerprint density at radius 1 is 1.36 bits per heavy atom. The standard InChI is InChI=1S/C11H15NO2/c1-12-7-3-2-4-9-5-6-10(13)8-11(9)14/h2,4-6,8,12-14H,3,7H2,1H3. The lowest BCUT2D eigenvalue weighted by Gasteiger charge is -1.99. The maximum Gasteiger partial charge on any atom is 0.126 e. The zero-order valence-corrected chi connectivity index (χ0v) is 8.20. The molecule has 0 radical (unpaired) electrons. The van der Waals surface area contributed by atoms with Crippen molar-refractivity contribution in [3.8, 4) is 11.5 Å². The van der Waals surface area contributed by atoms with Gasteiger partial charge in [-0.2, -0.15) is 0 Å². The Labute approximate surface area is 83.7 Å². The molecule has 0 aliphatic rings. The molecule has 1 aromatic carbocycles. The van der Waals surface area contributed by atoms with E-state index in [-0.39, 0.29) is 11.5 Å². The van der Waals surface area contributed by atoms with Gasteiger partial charge in [-0.1, -0.05) is 12.2 Å². The highest BCUT2D eigenvalue weighted by Crippen LogP contribution is 2.23. The van der Waals surface area contributed by atoms with E-state index in [0.29, 0.717) is 0 Å². The van der Waals surface area contributed by atoms with E-state index in [1.165, 1.54) is 6.07 Å². The van der Waals surface area contributed by atoms with Crippen molar-refractivity contribution in [1.82, 2.24) is 5.32 Å². The van der Waals surface area contributed by atoms with E-state index in [1.54, 1.807) is 12.1 Å². The summed E-state index contributed by atoms with van der Waals surface area (Å²) in [6, 6.07) is 4.57. The summed E-state index contributed by atoms with van der Waals surface area (Å²) in [4.78, 5) is 0. The van der Waals surface area contributed by atoms with Crippen LogP contribution in [0.3, 0.4) is 0 Å². The van der Waals surface area contributed by atoms with E-state index in [2.05, 4.69) is 5.32 Å². The summed E-state index contributed by atoms with van der Waals surface area (Å²) < 4.78 is 0. The van der Waals surface area contributed by atoms with Crippen molar-refractivity contribution < 1.29 is 10.2 Å². The lowest BCUT2D eigenvalue weighted by atomic mass is 10.1. The summed E-state index contributed by atoms with van der Waals surface area (Å²) in [5.74, 6) is 0.181. The van der Waals surface area contributed by atoms with Crippen LogP contribution in [0.15, 0.2) is 24.3 Å². The van der Waals surface area contributed by atoms with Gasteiger partial charge in [0.15, 0.2) is 0 Å². The second-order valence-corrected chi connectivity index (χ2v) is 3.04. The maximum atomic E-state index is 9.42. The number of hydrogen-bond donors (Lipinski definition) is 3. The van der Waals surface area contributed by atoms with Crippen molar-refractivity contribution in [1.29, 1.82) is 0 Å². The molecule has 0 saturated carbocycles. The molecule has 0 saturated heterocycles. The van der Waals surface area contributed by atoms with E-state index in [0.717, 1.165) is 18.5 Å². The van der Waals surface area contributed by atoms with Crippen molar-refractivity contribution in [2.45, 2.75) is 6.42 Å². The third-order valence-corrected chi connectivity index (χ3v) is 1.87.